The first kappa shape index (κ1) is 28.3. The number of ketones is 6. The normalized spacial score (nSPS) is 23.9. The molecule has 0 N–H and O–H groups in total. The van der Waals surface area contributed by atoms with Gasteiger partial charge in [-0.2, -0.15) is 0 Å². The number of carbonyl (C=O) groups excluding carboxylic acids is 6. The zero-order valence-corrected chi connectivity index (χ0v) is 20.0. The molecule has 9 nitrogen and oxygen atoms in total. The van der Waals surface area contributed by atoms with Gasteiger partial charge >= 0.3 is 19.8 Å². The molecular weight excluding hydrogens is 466 g/mol. The molecule has 0 aromatic rings. The fourth-order valence-electron chi connectivity index (χ4n) is 2.34. The summed E-state index contributed by atoms with van der Waals surface area (Å²) in [6, 6.07) is 0. The van der Waals surface area contributed by atoms with E-state index < -0.39 is 53.0 Å². The number of Topliss-reactive ketones (excluding diaryl/α,β-unsaturated/α-hetero) is 3. The predicted molar refractivity (Wildman–Crippen MR) is 109 cm³/mol. The zero-order chi connectivity index (χ0) is 22.7. The van der Waals surface area contributed by atoms with Gasteiger partial charge in [0, 0.05) is 18.2 Å². The average Bonchev–Trinajstić information content (AvgIpc) is 2.75. The summed E-state index contributed by atoms with van der Waals surface area (Å²) in [5, 5.41) is 0. The van der Waals surface area contributed by atoms with E-state index in [4.69, 9.17) is 14.2 Å². The summed E-state index contributed by atoms with van der Waals surface area (Å²) in [6.45, 7) is 5.40. The number of hydrogen-bond donors (Lipinski definition) is 0. The molecule has 3 aliphatic heterocycles. The third kappa shape index (κ3) is 8.50. The molecule has 162 valence electrons. The van der Waals surface area contributed by atoms with Crippen molar-refractivity contribution >= 4 is 54.5 Å². The Morgan fingerprint density at radius 1 is 0.548 bits per heavy atom. The van der Waals surface area contributed by atoms with Gasteiger partial charge < -0.3 is 14.2 Å². The first-order valence-electron chi connectivity index (χ1n) is 9.47. The summed E-state index contributed by atoms with van der Waals surface area (Å²) in [5.74, 6) is -2.70. The first-order chi connectivity index (χ1) is 14.3. The Labute approximate surface area is 192 Å². The minimum absolute atomic E-state index is 0. The van der Waals surface area contributed by atoms with Gasteiger partial charge in [-0.05, 0) is 19.3 Å². The van der Waals surface area contributed by atoms with Crippen LogP contribution in [0.5, 0.6) is 0 Å². The Kier molecular flexibility index (Phi) is 13.1. The molecule has 0 aromatic heterocycles. The SMILES string of the molecule is CCC1OC=CC(=O)C1=O.CCC1OC=CC(=O)C1=O.CCC1OC=CC(=O)C1=O.[Ga+3]. The van der Waals surface area contributed by atoms with E-state index in [1.807, 2.05) is 0 Å². The third-order valence-corrected chi connectivity index (χ3v) is 4.10. The summed E-state index contributed by atoms with van der Waals surface area (Å²) in [5.41, 5.74) is 0. The topological polar surface area (TPSA) is 130 Å². The molecule has 0 fully saturated rings. The summed E-state index contributed by atoms with van der Waals surface area (Å²) in [6.07, 6.45) is 7.29. The Hall–Kier alpha value is -2.72. The van der Waals surface area contributed by atoms with Crippen LogP contribution in [-0.2, 0) is 43.0 Å². The third-order valence-electron chi connectivity index (χ3n) is 4.10. The maximum atomic E-state index is 10.8. The number of hydrogen-bond acceptors (Lipinski definition) is 9. The monoisotopic (exact) mass is 489 g/mol. The number of allylic oxidation sites excluding steroid dienone is 3. The zero-order valence-electron chi connectivity index (χ0n) is 17.6. The molecule has 3 heterocycles. The summed E-state index contributed by atoms with van der Waals surface area (Å²) in [4.78, 5) is 64.4. The van der Waals surface area contributed by atoms with Gasteiger partial charge in [-0.15, -0.1) is 0 Å². The van der Waals surface area contributed by atoms with Crippen LogP contribution in [0.15, 0.2) is 37.0 Å². The largest absolute Gasteiger partial charge is 3.00 e. The molecule has 31 heavy (non-hydrogen) atoms. The second-order valence-corrected chi connectivity index (χ2v) is 6.19. The van der Waals surface area contributed by atoms with E-state index in [2.05, 4.69) is 0 Å². The van der Waals surface area contributed by atoms with Crippen LogP contribution >= 0.6 is 0 Å². The van der Waals surface area contributed by atoms with E-state index >= 15 is 0 Å². The van der Waals surface area contributed by atoms with Crippen molar-refractivity contribution in [3.05, 3.63) is 37.0 Å². The van der Waals surface area contributed by atoms with Crippen LogP contribution < -0.4 is 0 Å². The molecule has 0 aromatic carbocycles. The van der Waals surface area contributed by atoms with Crippen LogP contribution in [-0.4, -0.2) is 72.8 Å². The maximum absolute atomic E-state index is 10.8. The van der Waals surface area contributed by atoms with Gasteiger partial charge in [0.1, 0.15) is 0 Å². The van der Waals surface area contributed by atoms with E-state index in [0.29, 0.717) is 19.3 Å². The second-order valence-electron chi connectivity index (χ2n) is 6.19. The number of ether oxygens (including phenoxy) is 3. The molecule has 0 bridgehead atoms. The van der Waals surface area contributed by atoms with Gasteiger partial charge in [-0.1, -0.05) is 20.8 Å². The van der Waals surface area contributed by atoms with Crippen molar-refractivity contribution in [1.82, 2.24) is 0 Å². The van der Waals surface area contributed by atoms with Gasteiger partial charge in [0.25, 0.3) is 0 Å². The van der Waals surface area contributed by atoms with Crippen molar-refractivity contribution in [3.8, 4) is 0 Å². The molecule has 0 amide bonds. The van der Waals surface area contributed by atoms with Crippen molar-refractivity contribution in [2.45, 2.75) is 58.3 Å². The molecule has 3 atom stereocenters. The van der Waals surface area contributed by atoms with Crippen molar-refractivity contribution in [1.29, 1.82) is 0 Å². The summed E-state index contributed by atoms with van der Waals surface area (Å²) < 4.78 is 14.6. The molecule has 10 heteroatoms. The average molecular weight is 490 g/mol. The molecular formula is C21H24GaO9+3. The molecule has 3 aliphatic rings. The van der Waals surface area contributed by atoms with Gasteiger partial charge in [-0.3, -0.25) is 28.8 Å². The fourth-order valence-corrected chi connectivity index (χ4v) is 2.34. The molecule has 0 spiro atoms. The molecule has 0 radical (unpaired) electrons. The first-order valence-corrected chi connectivity index (χ1v) is 9.47. The molecule has 3 rings (SSSR count). The Bertz CT molecular complexity index is 690. The predicted octanol–water partition coefficient (Wildman–Crippen LogP) is 0.960. The van der Waals surface area contributed by atoms with E-state index in [1.54, 1.807) is 20.8 Å². The quantitative estimate of drug-likeness (QED) is 0.420. The number of rotatable bonds is 3. The van der Waals surface area contributed by atoms with Crippen molar-refractivity contribution in [2.75, 3.05) is 0 Å². The van der Waals surface area contributed by atoms with Gasteiger partial charge in [0.05, 0.1) is 18.8 Å². The van der Waals surface area contributed by atoms with Crippen LogP contribution in [0.1, 0.15) is 40.0 Å². The van der Waals surface area contributed by atoms with Crippen molar-refractivity contribution < 1.29 is 43.0 Å². The van der Waals surface area contributed by atoms with E-state index in [1.165, 1.54) is 18.8 Å². The van der Waals surface area contributed by atoms with Crippen molar-refractivity contribution in [3.63, 3.8) is 0 Å². The van der Waals surface area contributed by atoms with Crippen LogP contribution in [0, 0.1) is 0 Å². The van der Waals surface area contributed by atoms with Gasteiger partial charge in [-0.25, -0.2) is 0 Å². The summed E-state index contributed by atoms with van der Waals surface area (Å²) >= 11 is 0. The Morgan fingerprint density at radius 2 is 0.774 bits per heavy atom. The van der Waals surface area contributed by atoms with Crippen LogP contribution in [0.3, 0.4) is 0 Å². The Morgan fingerprint density at radius 3 is 0.935 bits per heavy atom. The molecule has 0 saturated carbocycles. The molecule has 0 saturated heterocycles. The minimum atomic E-state index is -0.544. The van der Waals surface area contributed by atoms with Crippen molar-refractivity contribution in [2.24, 2.45) is 0 Å². The fraction of sp³-hybridized carbons (Fsp3) is 0.429. The molecule has 3 unspecified atom stereocenters. The van der Waals surface area contributed by atoms with Gasteiger partial charge in [0.15, 0.2) is 18.3 Å². The summed E-state index contributed by atoms with van der Waals surface area (Å²) in [7, 11) is 0. The van der Waals surface area contributed by atoms with Crippen LogP contribution in [0.2, 0.25) is 0 Å². The minimum Gasteiger partial charge on any atom is -0.490 e. The van der Waals surface area contributed by atoms with E-state index in [0.717, 1.165) is 18.2 Å². The standard InChI is InChI=1S/3C7H8O3.Ga/c3*1-2-6-7(9)5(8)3-4-10-6;/h3*3-4,6H,2H2,1H3;/q;;;+3. The number of carbonyl (C=O) groups is 6. The second kappa shape index (κ2) is 14.3. The Balaban J connectivity index is 0.000000429. The smallest absolute Gasteiger partial charge is 0.490 e. The van der Waals surface area contributed by atoms with E-state index in [9.17, 15) is 28.8 Å². The molecule has 0 aliphatic carbocycles. The van der Waals surface area contributed by atoms with Gasteiger partial charge in [0.2, 0.25) is 34.7 Å². The van der Waals surface area contributed by atoms with Crippen LogP contribution in [0.25, 0.3) is 0 Å². The van der Waals surface area contributed by atoms with Crippen LogP contribution in [0.4, 0.5) is 0 Å². The maximum Gasteiger partial charge on any atom is 3.00 e. The van der Waals surface area contributed by atoms with E-state index in [-0.39, 0.29) is 19.8 Å².